The minimum Gasteiger partial charge on any atom is -0.454 e. The van der Waals surface area contributed by atoms with E-state index in [1.54, 1.807) is 0 Å². The van der Waals surface area contributed by atoms with Gasteiger partial charge in [-0.25, -0.2) is 0 Å². The first kappa shape index (κ1) is 22.0. The van der Waals surface area contributed by atoms with E-state index in [4.69, 9.17) is 9.47 Å². The van der Waals surface area contributed by atoms with E-state index in [0.717, 1.165) is 45.3 Å². The maximum Gasteiger partial charge on any atom is 0.234 e. The summed E-state index contributed by atoms with van der Waals surface area (Å²) in [4.78, 5) is 12.7. The van der Waals surface area contributed by atoms with Crippen LogP contribution in [0.4, 0.5) is 5.69 Å². The van der Waals surface area contributed by atoms with Crippen LogP contribution < -0.4 is 14.8 Å². The summed E-state index contributed by atoms with van der Waals surface area (Å²) in [6.07, 6.45) is 0. The zero-order chi connectivity index (χ0) is 23.5. The first-order valence-corrected chi connectivity index (χ1v) is 11.9. The molecule has 0 saturated heterocycles. The highest BCUT2D eigenvalue weighted by molar-refractivity contribution is 7.99. The van der Waals surface area contributed by atoms with Crippen LogP contribution in [0.5, 0.6) is 11.5 Å². The van der Waals surface area contributed by atoms with Gasteiger partial charge in [-0.05, 0) is 43.2 Å². The number of aromatic nitrogens is 3. The van der Waals surface area contributed by atoms with Gasteiger partial charge in [-0.1, -0.05) is 65.9 Å². The van der Waals surface area contributed by atoms with Crippen LogP contribution in [0.2, 0.25) is 0 Å². The average molecular weight is 473 g/mol. The average Bonchev–Trinajstić information content (AvgIpc) is 3.47. The zero-order valence-electron chi connectivity index (χ0n) is 18.9. The van der Waals surface area contributed by atoms with E-state index >= 15 is 0 Å². The number of ether oxygens (including phenoxy) is 2. The van der Waals surface area contributed by atoms with Gasteiger partial charge in [-0.3, -0.25) is 9.36 Å². The maximum atomic E-state index is 12.7. The Hall–Kier alpha value is -3.78. The first-order valence-electron chi connectivity index (χ1n) is 10.9. The summed E-state index contributed by atoms with van der Waals surface area (Å²) < 4.78 is 13.0. The number of benzene rings is 3. The second-order valence-electron chi connectivity index (χ2n) is 8.10. The fraction of sp³-hybridized carbons (Fsp3) is 0.192. The van der Waals surface area contributed by atoms with Crippen LogP contribution in [-0.2, 0) is 11.3 Å². The molecule has 4 aromatic rings. The van der Waals surface area contributed by atoms with Crippen LogP contribution in [0, 0.1) is 13.8 Å². The lowest BCUT2D eigenvalue weighted by atomic mass is 10.1. The summed E-state index contributed by atoms with van der Waals surface area (Å²) in [5.74, 6) is 2.36. The fourth-order valence-electron chi connectivity index (χ4n) is 3.83. The molecule has 1 amide bonds. The summed E-state index contributed by atoms with van der Waals surface area (Å²) in [5.41, 5.74) is 5.01. The number of hydrogen-bond donors (Lipinski definition) is 1. The molecule has 34 heavy (non-hydrogen) atoms. The minimum absolute atomic E-state index is 0.0872. The summed E-state index contributed by atoms with van der Waals surface area (Å²) in [6.45, 7) is 4.79. The number of thioether (sulfide) groups is 1. The zero-order valence-corrected chi connectivity index (χ0v) is 19.8. The molecule has 3 aromatic carbocycles. The Morgan fingerprint density at radius 3 is 2.65 bits per heavy atom. The SMILES string of the molecule is Cc1ccc(NC(=O)CSc2nnc(-c3ccccc3)n2Cc2ccc3c(c2)OCO3)c(C)c1. The first-order chi connectivity index (χ1) is 16.6. The Balaban J connectivity index is 1.37. The van der Waals surface area contributed by atoms with E-state index < -0.39 is 0 Å². The summed E-state index contributed by atoms with van der Waals surface area (Å²) in [7, 11) is 0. The van der Waals surface area contributed by atoms with Crippen LogP contribution in [0.1, 0.15) is 16.7 Å². The Morgan fingerprint density at radius 2 is 1.82 bits per heavy atom. The third kappa shape index (κ3) is 4.77. The van der Waals surface area contributed by atoms with Crippen molar-refractivity contribution in [1.29, 1.82) is 0 Å². The topological polar surface area (TPSA) is 78.3 Å². The highest BCUT2D eigenvalue weighted by Gasteiger charge is 2.18. The summed E-state index contributed by atoms with van der Waals surface area (Å²) in [6, 6.07) is 21.8. The molecule has 0 atom stereocenters. The number of carbonyl (C=O) groups excluding carboxylic acids is 1. The normalized spacial score (nSPS) is 12.1. The predicted molar refractivity (Wildman–Crippen MR) is 132 cm³/mol. The van der Waals surface area contributed by atoms with Crippen molar-refractivity contribution in [2.75, 3.05) is 17.9 Å². The molecule has 1 N–H and O–H groups in total. The molecule has 1 aliphatic heterocycles. The molecule has 2 heterocycles. The van der Waals surface area contributed by atoms with Gasteiger partial charge in [0.05, 0.1) is 12.3 Å². The van der Waals surface area contributed by atoms with Crippen molar-refractivity contribution < 1.29 is 14.3 Å². The molecule has 172 valence electrons. The second kappa shape index (κ2) is 9.61. The molecule has 1 aromatic heterocycles. The number of nitrogens with zero attached hydrogens (tertiary/aromatic N) is 3. The van der Waals surface area contributed by atoms with Gasteiger partial charge in [0.2, 0.25) is 12.7 Å². The molecular formula is C26H24N4O3S. The van der Waals surface area contributed by atoms with Crippen LogP contribution in [0.3, 0.4) is 0 Å². The Kier molecular flexibility index (Phi) is 6.22. The smallest absolute Gasteiger partial charge is 0.234 e. The van der Waals surface area contributed by atoms with Gasteiger partial charge in [0.1, 0.15) is 0 Å². The van der Waals surface area contributed by atoms with Gasteiger partial charge < -0.3 is 14.8 Å². The number of carbonyl (C=O) groups is 1. The highest BCUT2D eigenvalue weighted by atomic mass is 32.2. The third-order valence-corrected chi connectivity index (χ3v) is 6.48. The van der Waals surface area contributed by atoms with Gasteiger partial charge in [-0.2, -0.15) is 0 Å². The van der Waals surface area contributed by atoms with Gasteiger partial charge in [-0.15, -0.1) is 10.2 Å². The molecule has 8 heteroatoms. The molecule has 7 nitrogen and oxygen atoms in total. The Labute approximate surface area is 202 Å². The van der Waals surface area contributed by atoms with Crippen molar-refractivity contribution in [3.63, 3.8) is 0 Å². The molecular weight excluding hydrogens is 448 g/mol. The number of fused-ring (bicyclic) bond motifs is 1. The quantitative estimate of drug-likeness (QED) is 0.379. The minimum atomic E-state index is -0.0872. The van der Waals surface area contributed by atoms with Crippen molar-refractivity contribution in [3.05, 3.63) is 83.4 Å². The third-order valence-electron chi connectivity index (χ3n) is 5.51. The van der Waals surface area contributed by atoms with Crippen LogP contribution in [-0.4, -0.2) is 33.2 Å². The predicted octanol–water partition coefficient (Wildman–Crippen LogP) is 5.07. The van der Waals surface area contributed by atoms with Crippen molar-refractivity contribution in [2.24, 2.45) is 0 Å². The molecule has 0 unspecified atom stereocenters. The van der Waals surface area contributed by atoms with E-state index in [2.05, 4.69) is 21.6 Å². The molecule has 0 spiro atoms. The van der Waals surface area contributed by atoms with E-state index in [9.17, 15) is 4.79 Å². The van der Waals surface area contributed by atoms with Gasteiger partial charge in [0, 0.05) is 11.3 Å². The lowest BCUT2D eigenvalue weighted by molar-refractivity contribution is -0.113. The van der Waals surface area contributed by atoms with Crippen LogP contribution in [0.15, 0.2) is 71.9 Å². The number of anilines is 1. The van der Waals surface area contributed by atoms with E-state index in [-0.39, 0.29) is 18.5 Å². The van der Waals surface area contributed by atoms with E-state index in [1.807, 2.05) is 79.1 Å². The van der Waals surface area contributed by atoms with Crippen LogP contribution >= 0.6 is 11.8 Å². The highest BCUT2D eigenvalue weighted by Crippen LogP contribution is 2.33. The van der Waals surface area contributed by atoms with Crippen molar-refractivity contribution in [3.8, 4) is 22.9 Å². The van der Waals surface area contributed by atoms with Crippen molar-refractivity contribution in [2.45, 2.75) is 25.5 Å². The molecule has 0 fully saturated rings. The van der Waals surface area contributed by atoms with Gasteiger partial charge >= 0.3 is 0 Å². The number of amides is 1. The number of hydrogen-bond acceptors (Lipinski definition) is 6. The second-order valence-corrected chi connectivity index (χ2v) is 9.04. The number of rotatable bonds is 7. The lowest BCUT2D eigenvalue weighted by Gasteiger charge is -2.12. The summed E-state index contributed by atoms with van der Waals surface area (Å²) in [5, 5.41) is 12.5. The lowest BCUT2D eigenvalue weighted by Crippen LogP contribution is -2.15. The number of aryl methyl sites for hydroxylation is 2. The standard InChI is InChI=1S/C26H24N4O3S/c1-17-8-10-21(18(2)12-17)27-24(31)15-34-26-29-28-25(20-6-4-3-5-7-20)30(26)14-19-9-11-22-23(13-19)33-16-32-22/h3-13H,14-16H2,1-2H3,(H,27,31). The van der Waals surface area contributed by atoms with Gasteiger partial charge in [0.15, 0.2) is 22.5 Å². The number of nitrogens with one attached hydrogen (secondary N) is 1. The fourth-order valence-corrected chi connectivity index (χ4v) is 4.57. The molecule has 5 rings (SSSR count). The van der Waals surface area contributed by atoms with Crippen molar-refractivity contribution in [1.82, 2.24) is 14.8 Å². The molecule has 0 radical (unpaired) electrons. The summed E-state index contributed by atoms with van der Waals surface area (Å²) >= 11 is 1.36. The molecule has 1 aliphatic rings. The molecule has 0 aliphatic carbocycles. The maximum absolute atomic E-state index is 12.7. The van der Waals surface area contributed by atoms with E-state index in [0.29, 0.717) is 11.7 Å². The van der Waals surface area contributed by atoms with Gasteiger partial charge in [0.25, 0.3) is 0 Å². The Bertz CT molecular complexity index is 1340. The largest absolute Gasteiger partial charge is 0.454 e. The molecule has 0 saturated carbocycles. The van der Waals surface area contributed by atoms with E-state index in [1.165, 1.54) is 11.8 Å². The van der Waals surface area contributed by atoms with Crippen molar-refractivity contribution >= 4 is 23.4 Å². The van der Waals surface area contributed by atoms with Crippen LogP contribution in [0.25, 0.3) is 11.4 Å². The Morgan fingerprint density at radius 1 is 1.00 bits per heavy atom. The monoisotopic (exact) mass is 472 g/mol. The molecule has 0 bridgehead atoms.